The van der Waals surface area contributed by atoms with Gasteiger partial charge in [-0.25, -0.2) is 4.98 Å². The Morgan fingerprint density at radius 1 is 0.758 bits per heavy atom. The van der Waals surface area contributed by atoms with Crippen LogP contribution in [-0.4, -0.2) is 36.8 Å². The Morgan fingerprint density at radius 3 is 1.52 bits per heavy atom. The first kappa shape index (κ1) is 24.1. The van der Waals surface area contributed by atoms with Crippen LogP contribution in [0.2, 0.25) is 0 Å². The van der Waals surface area contributed by atoms with E-state index in [0.717, 1.165) is 0 Å². The molecular formula is C20H20N4O7S2. The summed E-state index contributed by atoms with van der Waals surface area (Å²) in [6.45, 7) is 3.39. The zero-order chi connectivity index (χ0) is 24.6. The van der Waals surface area contributed by atoms with Crippen molar-refractivity contribution in [2.24, 2.45) is 5.73 Å². The molecule has 0 bridgehead atoms. The Kier molecular flexibility index (Phi) is 6.42. The molecule has 13 heteroatoms. The van der Waals surface area contributed by atoms with Crippen molar-refractivity contribution in [3.8, 4) is 0 Å². The van der Waals surface area contributed by atoms with Gasteiger partial charge in [0, 0.05) is 11.4 Å². The van der Waals surface area contributed by atoms with E-state index in [1.54, 1.807) is 13.8 Å². The van der Waals surface area contributed by atoms with E-state index in [1.807, 2.05) is 0 Å². The summed E-state index contributed by atoms with van der Waals surface area (Å²) >= 11 is 0. The van der Waals surface area contributed by atoms with Crippen molar-refractivity contribution in [3.63, 3.8) is 0 Å². The fourth-order valence-corrected chi connectivity index (χ4v) is 3.96. The Balaban J connectivity index is 2.00. The molecule has 0 fully saturated rings. The van der Waals surface area contributed by atoms with Crippen molar-refractivity contribution in [3.05, 3.63) is 65.2 Å². The van der Waals surface area contributed by atoms with E-state index in [-0.39, 0.29) is 21.2 Å². The second-order valence-corrected chi connectivity index (χ2v) is 9.89. The summed E-state index contributed by atoms with van der Waals surface area (Å²) in [6, 6.07) is 10.4. The van der Waals surface area contributed by atoms with Gasteiger partial charge in [-0.3, -0.25) is 13.9 Å². The second-order valence-electron chi connectivity index (χ2n) is 7.05. The van der Waals surface area contributed by atoms with Gasteiger partial charge in [-0.05, 0) is 73.5 Å². The number of benzene rings is 2. The molecule has 1 amide bonds. The van der Waals surface area contributed by atoms with Gasteiger partial charge >= 0.3 is 0 Å². The summed E-state index contributed by atoms with van der Waals surface area (Å²) in [4.78, 5) is 16.0. The lowest BCUT2D eigenvalue weighted by atomic mass is 10.0. The molecule has 0 aliphatic carbocycles. The smallest absolute Gasteiger partial charge is 0.294 e. The predicted octanol–water partition coefficient (Wildman–Crippen LogP) is 2.78. The molecule has 6 N–H and O–H groups in total. The molecule has 174 valence electrons. The van der Waals surface area contributed by atoms with Gasteiger partial charge in [-0.15, -0.1) is 0 Å². The number of rotatable bonds is 7. The van der Waals surface area contributed by atoms with Crippen LogP contribution in [0, 0.1) is 13.8 Å². The lowest BCUT2D eigenvalue weighted by Gasteiger charge is -2.18. The monoisotopic (exact) mass is 492 g/mol. The number of primary amides is 1. The molecule has 0 aliphatic rings. The average molecular weight is 493 g/mol. The van der Waals surface area contributed by atoms with Gasteiger partial charge in [0.05, 0.1) is 15.4 Å². The fourth-order valence-electron chi connectivity index (χ4n) is 3.00. The number of anilines is 4. The van der Waals surface area contributed by atoms with Crippen LogP contribution in [-0.2, 0) is 20.2 Å². The molecule has 0 aliphatic heterocycles. The maximum atomic E-state index is 12.1. The third-order valence-corrected chi connectivity index (χ3v) is 6.57. The Bertz CT molecular complexity index is 1440. The number of nitrogens with two attached hydrogens (primary N) is 1. The summed E-state index contributed by atoms with van der Waals surface area (Å²) in [7, 11) is -8.70. The van der Waals surface area contributed by atoms with Crippen LogP contribution < -0.4 is 16.4 Å². The molecular weight excluding hydrogens is 472 g/mol. The molecule has 0 radical (unpaired) electrons. The number of aromatic nitrogens is 1. The molecule has 3 rings (SSSR count). The first-order valence-corrected chi connectivity index (χ1v) is 12.2. The van der Waals surface area contributed by atoms with Gasteiger partial charge in [0.15, 0.2) is 0 Å². The van der Waals surface area contributed by atoms with E-state index in [0.29, 0.717) is 28.3 Å². The first-order chi connectivity index (χ1) is 15.3. The second kappa shape index (κ2) is 8.78. The topological polar surface area (TPSA) is 189 Å². The highest BCUT2D eigenvalue weighted by Crippen LogP contribution is 2.30. The summed E-state index contributed by atoms with van der Waals surface area (Å²) < 4.78 is 63.1. The Morgan fingerprint density at radius 2 is 1.15 bits per heavy atom. The summed E-state index contributed by atoms with van der Waals surface area (Å²) in [5.74, 6) is -0.291. The van der Waals surface area contributed by atoms with Crippen LogP contribution in [0.25, 0.3) is 0 Å². The molecule has 0 saturated heterocycles. The zero-order valence-electron chi connectivity index (χ0n) is 17.4. The third-order valence-electron chi connectivity index (χ3n) is 4.83. The predicted molar refractivity (Wildman–Crippen MR) is 121 cm³/mol. The minimum atomic E-state index is -4.36. The molecule has 1 heterocycles. The van der Waals surface area contributed by atoms with Gasteiger partial charge in [0.1, 0.15) is 11.6 Å². The molecule has 1 aromatic heterocycles. The first-order valence-electron chi connectivity index (χ1n) is 9.27. The summed E-state index contributed by atoms with van der Waals surface area (Å²) in [6.07, 6.45) is 0. The van der Waals surface area contributed by atoms with Crippen molar-refractivity contribution < 1.29 is 30.7 Å². The lowest BCUT2D eigenvalue weighted by molar-refractivity contribution is 0.1000. The van der Waals surface area contributed by atoms with Crippen LogP contribution >= 0.6 is 0 Å². The number of nitrogens with zero attached hydrogens (tertiary/aromatic N) is 1. The Labute approximate surface area is 190 Å². The minimum Gasteiger partial charge on any atom is -0.365 e. The number of amides is 1. The van der Waals surface area contributed by atoms with Gasteiger partial charge < -0.3 is 16.4 Å². The quantitative estimate of drug-likeness (QED) is 0.307. The summed E-state index contributed by atoms with van der Waals surface area (Å²) in [5.41, 5.74) is 7.66. The molecule has 0 atom stereocenters. The molecule has 11 nitrogen and oxygen atoms in total. The van der Waals surface area contributed by atoms with Gasteiger partial charge in [0.25, 0.3) is 26.1 Å². The number of pyridine rings is 1. The van der Waals surface area contributed by atoms with Crippen molar-refractivity contribution in [1.29, 1.82) is 0 Å². The lowest BCUT2D eigenvalue weighted by Crippen LogP contribution is -2.18. The van der Waals surface area contributed by atoms with Crippen LogP contribution in [0.15, 0.2) is 58.3 Å². The highest BCUT2D eigenvalue weighted by molar-refractivity contribution is 7.86. The highest BCUT2D eigenvalue weighted by atomic mass is 32.2. The fraction of sp³-hybridized carbons (Fsp3) is 0.100. The largest absolute Gasteiger partial charge is 0.365 e. The van der Waals surface area contributed by atoms with Gasteiger partial charge in [0.2, 0.25) is 0 Å². The highest BCUT2D eigenvalue weighted by Gasteiger charge is 2.19. The standard InChI is InChI=1S/C20H20N4O7S2/c1-11-12(2)19(22-13-3-7-15(8-4-13)32(26,27)28)24-20(17(11)18(21)25)23-14-5-9-16(10-6-14)33(29,30)31/h3-10H,1-2H3,(H2,21,25)(H2,22,23,24)(H,26,27,28)(H,29,30,31). The maximum Gasteiger partial charge on any atom is 0.294 e. The van der Waals surface area contributed by atoms with E-state index in [2.05, 4.69) is 15.6 Å². The van der Waals surface area contributed by atoms with Crippen molar-refractivity contribution in [2.75, 3.05) is 10.6 Å². The van der Waals surface area contributed by atoms with Gasteiger partial charge in [-0.1, -0.05) is 0 Å². The normalized spacial score (nSPS) is 11.8. The van der Waals surface area contributed by atoms with Crippen molar-refractivity contribution in [1.82, 2.24) is 4.98 Å². The Hall–Kier alpha value is -3.52. The number of nitrogens with one attached hydrogen (secondary N) is 2. The minimum absolute atomic E-state index is 0.0993. The van der Waals surface area contributed by atoms with Crippen molar-refractivity contribution in [2.45, 2.75) is 23.6 Å². The van der Waals surface area contributed by atoms with E-state index in [4.69, 9.17) is 14.8 Å². The van der Waals surface area contributed by atoms with E-state index in [1.165, 1.54) is 48.5 Å². The molecule has 33 heavy (non-hydrogen) atoms. The van der Waals surface area contributed by atoms with E-state index in [9.17, 15) is 21.6 Å². The summed E-state index contributed by atoms with van der Waals surface area (Å²) in [5, 5.41) is 5.94. The molecule has 3 aromatic rings. The van der Waals surface area contributed by atoms with Gasteiger partial charge in [-0.2, -0.15) is 16.8 Å². The van der Waals surface area contributed by atoms with Crippen LogP contribution in [0.5, 0.6) is 0 Å². The number of carbonyl (C=O) groups excluding carboxylic acids is 1. The SMILES string of the molecule is Cc1c(Nc2ccc(S(=O)(=O)O)cc2)nc(Nc2ccc(S(=O)(=O)O)cc2)c(C(N)=O)c1C. The molecule has 2 aromatic carbocycles. The van der Waals surface area contributed by atoms with E-state index < -0.39 is 26.1 Å². The number of hydrogen-bond donors (Lipinski definition) is 5. The number of carbonyl (C=O) groups is 1. The van der Waals surface area contributed by atoms with E-state index >= 15 is 0 Å². The van der Waals surface area contributed by atoms with Crippen molar-refractivity contribution >= 4 is 49.2 Å². The van der Waals surface area contributed by atoms with Crippen LogP contribution in [0.4, 0.5) is 23.0 Å². The molecule has 0 saturated carbocycles. The maximum absolute atomic E-state index is 12.1. The third kappa shape index (κ3) is 5.46. The number of hydrogen-bond acceptors (Lipinski definition) is 8. The van der Waals surface area contributed by atoms with Crippen LogP contribution in [0.1, 0.15) is 21.5 Å². The molecule has 0 spiro atoms. The zero-order valence-corrected chi connectivity index (χ0v) is 19.0. The molecule has 0 unspecified atom stereocenters. The van der Waals surface area contributed by atoms with Crippen LogP contribution in [0.3, 0.4) is 0 Å². The average Bonchev–Trinajstić information content (AvgIpc) is 2.71.